The largest absolute Gasteiger partial charge is 0.292 e. The van der Waals surface area contributed by atoms with Crippen LogP contribution < -0.4 is 0 Å². The Bertz CT molecular complexity index is 533. The van der Waals surface area contributed by atoms with Gasteiger partial charge in [-0.15, -0.1) is 11.3 Å². The van der Waals surface area contributed by atoms with Gasteiger partial charge in [0.2, 0.25) is 0 Å². The molecule has 1 aromatic carbocycles. The molecule has 1 unspecified atom stereocenters. The van der Waals surface area contributed by atoms with E-state index in [0.717, 1.165) is 12.1 Å². The third-order valence-corrected chi connectivity index (χ3v) is 4.38. The number of Topliss-reactive ketones (excluding diaryl/α,β-unsaturated/α-hetero) is 1. The molecule has 2 nitrogen and oxygen atoms in total. The van der Waals surface area contributed by atoms with E-state index in [4.69, 9.17) is 0 Å². The van der Waals surface area contributed by atoms with E-state index in [2.05, 4.69) is 36.3 Å². The maximum absolute atomic E-state index is 12.6. The van der Waals surface area contributed by atoms with E-state index in [9.17, 15) is 4.79 Å². The zero-order valence-electron chi connectivity index (χ0n) is 12.2. The Balaban J connectivity index is 2.14. The SMILES string of the molecule is CC(C)N(Cc1cccs1)C(C)C(=O)c1ccccc1. The second kappa shape index (κ2) is 6.82. The van der Waals surface area contributed by atoms with Crippen molar-refractivity contribution in [2.45, 2.75) is 39.4 Å². The lowest BCUT2D eigenvalue weighted by Gasteiger charge is -2.31. The fourth-order valence-corrected chi connectivity index (χ4v) is 3.06. The van der Waals surface area contributed by atoms with Crippen molar-refractivity contribution in [2.24, 2.45) is 0 Å². The first-order chi connectivity index (χ1) is 9.59. The number of hydrogen-bond donors (Lipinski definition) is 0. The lowest BCUT2D eigenvalue weighted by Crippen LogP contribution is -2.42. The fourth-order valence-electron chi connectivity index (χ4n) is 2.34. The molecule has 0 aliphatic rings. The first kappa shape index (κ1) is 14.9. The maximum atomic E-state index is 12.6. The molecule has 2 aromatic rings. The van der Waals surface area contributed by atoms with Gasteiger partial charge in [0.05, 0.1) is 6.04 Å². The van der Waals surface area contributed by atoms with Gasteiger partial charge < -0.3 is 0 Å². The zero-order chi connectivity index (χ0) is 14.5. The first-order valence-corrected chi connectivity index (χ1v) is 7.85. The Hall–Kier alpha value is -1.45. The molecule has 0 aliphatic carbocycles. The molecule has 0 aliphatic heterocycles. The van der Waals surface area contributed by atoms with E-state index >= 15 is 0 Å². The van der Waals surface area contributed by atoms with Gasteiger partial charge >= 0.3 is 0 Å². The molecule has 0 fully saturated rings. The van der Waals surface area contributed by atoms with Crippen LogP contribution in [-0.4, -0.2) is 22.8 Å². The van der Waals surface area contributed by atoms with E-state index in [-0.39, 0.29) is 11.8 Å². The summed E-state index contributed by atoms with van der Waals surface area (Å²) in [6.07, 6.45) is 0. The van der Waals surface area contributed by atoms with Crippen LogP contribution in [0.1, 0.15) is 36.0 Å². The molecule has 3 heteroatoms. The Labute approximate surface area is 125 Å². The molecular weight excluding hydrogens is 266 g/mol. The molecule has 0 radical (unpaired) electrons. The number of rotatable bonds is 6. The van der Waals surface area contributed by atoms with Gasteiger partial charge in [-0.2, -0.15) is 0 Å². The Morgan fingerprint density at radius 2 is 1.80 bits per heavy atom. The van der Waals surface area contributed by atoms with E-state index in [1.807, 2.05) is 37.3 Å². The van der Waals surface area contributed by atoms with Gasteiger partial charge in [0.25, 0.3) is 0 Å². The molecule has 0 saturated carbocycles. The Kier molecular flexibility index (Phi) is 5.10. The summed E-state index contributed by atoms with van der Waals surface area (Å²) in [7, 11) is 0. The smallest absolute Gasteiger partial charge is 0.179 e. The highest BCUT2D eigenvalue weighted by Crippen LogP contribution is 2.18. The van der Waals surface area contributed by atoms with Gasteiger partial charge in [-0.25, -0.2) is 0 Å². The van der Waals surface area contributed by atoms with Gasteiger partial charge in [0, 0.05) is 23.0 Å². The fraction of sp³-hybridized carbons (Fsp3) is 0.353. The molecule has 0 spiro atoms. The second-order valence-corrected chi connectivity index (χ2v) is 6.28. The summed E-state index contributed by atoms with van der Waals surface area (Å²) in [4.78, 5) is 16.1. The maximum Gasteiger partial charge on any atom is 0.179 e. The Morgan fingerprint density at radius 1 is 1.10 bits per heavy atom. The van der Waals surface area contributed by atoms with Gasteiger partial charge in [0.1, 0.15) is 0 Å². The van der Waals surface area contributed by atoms with Crippen LogP contribution in [0, 0.1) is 0 Å². The quantitative estimate of drug-likeness (QED) is 0.741. The van der Waals surface area contributed by atoms with Crippen LogP contribution in [0.25, 0.3) is 0 Å². The summed E-state index contributed by atoms with van der Waals surface area (Å²) in [6, 6.07) is 14.0. The van der Waals surface area contributed by atoms with Crippen molar-refractivity contribution in [3.63, 3.8) is 0 Å². The molecule has 0 N–H and O–H groups in total. The van der Waals surface area contributed by atoms with Crippen LogP contribution in [0.15, 0.2) is 47.8 Å². The van der Waals surface area contributed by atoms with Crippen molar-refractivity contribution in [2.75, 3.05) is 0 Å². The molecule has 1 heterocycles. The number of hydrogen-bond acceptors (Lipinski definition) is 3. The highest BCUT2D eigenvalue weighted by molar-refractivity contribution is 7.09. The van der Waals surface area contributed by atoms with Crippen LogP contribution in [0.3, 0.4) is 0 Å². The van der Waals surface area contributed by atoms with Gasteiger partial charge in [-0.3, -0.25) is 9.69 Å². The summed E-state index contributed by atoms with van der Waals surface area (Å²) >= 11 is 1.74. The summed E-state index contributed by atoms with van der Waals surface area (Å²) in [5, 5.41) is 2.08. The van der Waals surface area contributed by atoms with Crippen molar-refractivity contribution in [3.05, 3.63) is 58.3 Å². The minimum Gasteiger partial charge on any atom is -0.292 e. The molecule has 2 rings (SSSR count). The van der Waals surface area contributed by atoms with Crippen molar-refractivity contribution < 1.29 is 4.79 Å². The summed E-state index contributed by atoms with van der Waals surface area (Å²) < 4.78 is 0. The van der Waals surface area contributed by atoms with Crippen LogP contribution in [-0.2, 0) is 6.54 Å². The van der Waals surface area contributed by atoms with Crippen molar-refractivity contribution in [1.82, 2.24) is 4.90 Å². The summed E-state index contributed by atoms with van der Waals surface area (Å²) in [6.45, 7) is 7.11. The molecule has 0 amide bonds. The highest BCUT2D eigenvalue weighted by Gasteiger charge is 2.24. The van der Waals surface area contributed by atoms with Gasteiger partial charge in [0.15, 0.2) is 5.78 Å². The Morgan fingerprint density at radius 3 is 2.35 bits per heavy atom. The lowest BCUT2D eigenvalue weighted by molar-refractivity contribution is 0.0775. The monoisotopic (exact) mass is 287 g/mol. The minimum absolute atomic E-state index is 0.112. The average molecular weight is 287 g/mol. The molecule has 0 bridgehead atoms. The van der Waals surface area contributed by atoms with Gasteiger partial charge in [-0.05, 0) is 32.2 Å². The number of carbonyl (C=O) groups excluding carboxylic acids is 1. The molecule has 1 atom stereocenters. The molecule has 20 heavy (non-hydrogen) atoms. The van der Waals surface area contributed by atoms with Crippen LogP contribution in [0.5, 0.6) is 0 Å². The van der Waals surface area contributed by atoms with E-state index in [1.54, 1.807) is 11.3 Å². The predicted octanol–water partition coefficient (Wildman–Crippen LogP) is 4.23. The summed E-state index contributed by atoms with van der Waals surface area (Å²) in [5.41, 5.74) is 0.789. The normalized spacial score (nSPS) is 12.8. The summed E-state index contributed by atoms with van der Waals surface area (Å²) in [5.74, 6) is 0.191. The third-order valence-electron chi connectivity index (χ3n) is 3.52. The molecule has 106 valence electrons. The third kappa shape index (κ3) is 3.56. The van der Waals surface area contributed by atoms with Crippen LogP contribution in [0.4, 0.5) is 0 Å². The van der Waals surface area contributed by atoms with E-state index in [1.165, 1.54) is 4.88 Å². The minimum atomic E-state index is -0.112. The zero-order valence-corrected chi connectivity index (χ0v) is 13.1. The molecule has 0 saturated heterocycles. The standard InChI is InChI=1S/C17H21NOS/c1-13(2)18(12-16-10-7-11-20-16)14(3)17(19)15-8-5-4-6-9-15/h4-11,13-14H,12H2,1-3H3. The number of benzene rings is 1. The predicted molar refractivity (Wildman–Crippen MR) is 85.2 cm³/mol. The van der Waals surface area contributed by atoms with Crippen LogP contribution >= 0.6 is 11.3 Å². The number of carbonyl (C=O) groups is 1. The number of thiophene rings is 1. The van der Waals surface area contributed by atoms with Crippen molar-refractivity contribution in [1.29, 1.82) is 0 Å². The van der Waals surface area contributed by atoms with E-state index in [0.29, 0.717) is 6.04 Å². The number of nitrogens with zero attached hydrogens (tertiary/aromatic N) is 1. The highest BCUT2D eigenvalue weighted by atomic mass is 32.1. The lowest BCUT2D eigenvalue weighted by atomic mass is 10.0. The van der Waals surface area contributed by atoms with Crippen molar-refractivity contribution >= 4 is 17.1 Å². The van der Waals surface area contributed by atoms with E-state index < -0.39 is 0 Å². The molecular formula is C17H21NOS. The first-order valence-electron chi connectivity index (χ1n) is 6.97. The second-order valence-electron chi connectivity index (χ2n) is 5.25. The topological polar surface area (TPSA) is 20.3 Å². The molecule has 1 aromatic heterocycles. The number of ketones is 1. The van der Waals surface area contributed by atoms with Crippen LogP contribution in [0.2, 0.25) is 0 Å². The average Bonchev–Trinajstić information content (AvgIpc) is 2.97. The van der Waals surface area contributed by atoms with Crippen molar-refractivity contribution in [3.8, 4) is 0 Å². The van der Waals surface area contributed by atoms with Gasteiger partial charge in [-0.1, -0.05) is 36.4 Å².